The highest BCUT2D eigenvalue weighted by Gasteiger charge is 2.19. The SMILES string of the molecule is COC(=O)c1c(C(C)C)csc1N. The Kier molecular flexibility index (Phi) is 2.93. The Balaban J connectivity index is 3.16. The Hall–Kier alpha value is -1.03. The van der Waals surface area contributed by atoms with Gasteiger partial charge in [0.05, 0.1) is 12.7 Å². The summed E-state index contributed by atoms with van der Waals surface area (Å²) >= 11 is 1.38. The van der Waals surface area contributed by atoms with E-state index in [1.165, 1.54) is 18.4 Å². The van der Waals surface area contributed by atoms with Crippen molar-refractivity contribution in [2.45, 2.75) is 19.8 Å². The van der Waals surface area contributed by atoms with Crippen LogP contribution in [0.25, 0.3) is 0 Å². The molecule has 0 aromatic carbocycles. The highest BCUT2D eigenvalue weighted by molar-refractivity contribution is 7.14. The van der Waals surface area contributed by atoms with Crippen LogP contribution in [0.4, 0.5) is 5.00 Å². The fourth-order valence-corrected chi connectivity index (χ4v) is 2.10. The summed E-state index contributed by atoms with van der Waals surface area (Å²) in [6.45, 7) is 4.04. The predicted octanol–water partition coefficient (Wildman–Crippen LogP) is 2.24. The van der Waals surface area contributed by atoms with E-state index in [9.17, 15) is 4.79 Å². The molecule has 0 saturated heterocycles. The average Bonchev–Trinajstić information content (AvgIpc) is 2.46. The molecular formula is C9H13NO2S. The van der Waals surface area contributed by atoms with Crippen molar-refractivity contribution >= 4 is 22.3 Å². The summed E-state index contributed by atoms with van der Waals surface area (Å²) in [6.07, 6.45) is 0. The Labute approximate surface area is 81.5 Å². The van der Waals surface area contributed by atoms with Crippen LogP contribution in [0.15, 0.2) is 5.38 Å². The predicted molar refractivity (Wildman–Crippen MR) is 54.2 cm³/mol. The minimum absolute atomic E-state index is 0.294. The number of esters is 1. The van der Waals surface area contributed by atoms with E-state index >= 15 is 0 Å². The zero-order chi connectivity index (χ0) is 10.0. The third-order valence-electron chi connectivity index (χ3n) is 1.86. The fraction of sp³-hybridized carbons (Fsp3) is 0.444. The zero-order valence-electron chi connectivity index (χ0n) is 7.96. The van der Waals surface area contributed by atoms with Gasteiger partial charge in [-0.25, -0.2) is 4.79 Å². The molecule has 0 atom stereocenters. The number of nitrogen functional groups attached to an aromatic ring is 1. The quantitative estimate of drug-likeness (QED) is 0.743. The lowest BCUT2D eigenvalue weighted by molar-refractivity contribution is 0.0601. The molecule has 1 aromatic heterocycles. The summed E-state index contributed by atoms with van der Waals surface area (Å²) < 4.78 is 4.65. The smallest absolute Gasteiger partial charge is 0.341 e. The van der Waals surface area contributed by atoms with Gasteiger partial charge in [-0.05, 0) is 16.9 Å². The van der Waals surface area contributed by atoms with Crippen LogP contribution in [-0.4, -0.2) is 13.1 Å². The van der Waals surface area contributed by atoms with Crippen LogP contribution in [-0.2, 0) is 4.74 Å². The first-order valence-corrected chi connectivity index (χ1v) is 4.91. The lowest BCUT2D eigenvalue weighted by Gasteiger charge is -2.05. The number of hydrogen-bond acceptors (Lipinski definition) is 4. The maximum absolute atomic E-state index is 11.3. The molecule has 0 bridgehead atoms. The number of nitrogens with two attached hydrogens (primary N) is 1. The van der Waals surface area contributed by atoms with Gasteiger partial charge in [0, 0.05) is 0 Å². The number of methoxy groups -OCH3 is 1. The molecular weight excluding hydrogens is 186 g/mol. The van der Waals surface area contributed by atoms with Gasteiger partial charge in [-0.2, -0.15) is 0 Å². The molecule has 13 heavy (non-hydrogen) atoms. The van der Waals surface area contributed by atoms with E-state index in [-0.39, 0.29) is 5.97 Å². The van der Waals surface area contributed by atoms with Crippen molar-refractivity contribution in [3.05, 3.63) is 16.5 Å². The summed E-state index contributed by atoms with van der Waals surface area (Å²) in [7, 11) is 1.36. The Morgan fingerprint density at radius 3 is 2.69 bits per heavy atom. The van der Waals surface area contributed by atoms with Crippen LogP contribution in [0.5, 0.6) is 0 Å². The van der Waals surface area contributed by atoms with Gasteiger partial charge < -0.3 is 10.5 Å². The lowest BCUT2D eigenvalue weighted by atomic mass is 10.0. The van der Waals surface area contributed by atoms with Crippen LogP contribution in [0.3, 0.4) is 0 Å². The summed E-state index contributed by atoms with van der Waals surface area (Å²) in [5.74, 6) is -0.0508. The second kappa shape index (κ2) is 3.79. The van der Waals surface area contributed by atoms with Gasteiger partial charge in [0.25, 0.3) is 0 Å². The Morgan fingerprint density at radius 2 is 2.23 bits per heavy atom. The van der Waals surface area contributed by atoms with Gasteiger partial charge in [0.2, 0.25) is 0 Å². The fourth-order valence-electron chi connectivity index (χ4n) is 1.13. The lowest BCUT2D eigenvalue weighted by Crippen LogP contribution is -2.06. The summed E-state index contributed by atoms with van der Waals surface area (Å²) in [4.78, 5) is 11.3. The number of carbonyl (C=O) groups is 1. The van der Waals surface area contributed by atoms with Crippen LogP contribution in [0.2, 0.25) is 0 Å². The number of carbonyl (C=O) groups excluding carboxylic acids is 1. The van der Waals surface area contributed by atoms with E-state index in [1.807, 2.05) is 19.2 Å². The summed E-state index contributed by atoms with van der Waals surface area (Å²) in [5, 5.41) is 2.45. The van der Waals surface area contributed by atoms with E-state index in [0.717, 1.165) is 5.56 Å². The second-order valence-corrected chi connectivity index (χ2v) is 3.99. The molecule has 72 valence electrons. The molecule has 0 saturated carbocycles. The van der Waals surface area contributed by atoms with Crippen molar-refractivity contribution in [2.24, 2.45) is 0 Å². The maximum Gasteiger partial charge on any atom is 0.341 e. The Morgan fingerprint density at radius 1 is 1.62 bits per heavy atom. The number of thiophene rings is 1. The van der Waals surface area contributed by atoms with Gasteiger partial charge in [-0.15, -0.1) is 11.3 Å². The third-order valence-corrected chi connectivity index (χ3v) is 2.69. The molecule has 0 fully saturated rings. The molecule has 0 aliphatic carbocycles. The van der Waals surface area contributed by atoms with Crippen molar-refractivity contribution in [2.75, 3.05) is 12.8 Å². The van der Waals surface area contributed by atoms with Crippen LogP contribution >= 0.6 is 11.3 Å². The van der Waals surface area contributed by atoms with Gasteiger partial charge >= 0.3 is 5.97 Å². The summed E-state index contributed by atoms with van der Waals surface area (Å²) in [5.41, 5.74) is 7.17. The highest BCUT2D eigenvalue weighted by atomic mass is 32.1. The van der Waals surface area contributed by atoms with Gasteiger partial charge in [-0.1, -0.05) is 13.8 Å². The maximum atomic E-state index is 11.3. The third kappa shape index (κ3) is 1.83. The normalized spacial score (nSPS) is 10.5. The minimum atomic E-state index is -0.345. The van der Waals surface area contributed by atoms with Crippen molar-refractivity contribution in [1.29, 1.82) is 0 Å². The Bertz CT molecular complexity index is 317. The molecule has 0 spiro atoms. The molecule has 0 aliphatic rings. The largest absolute Gasteiger partial charge is 0.465 e. The van der Waals surface area contributed by atoms with Crippen molar-refractivity contribution in [3.8, 4) is 0 Å². The number of ether oxygens (including phenoxy) is 1. The monoisotopic (exact) mass is 199 g/mol. The first-order valence-electron chi connectivity index (χ1n) is 4.03. The molecule has 4 heteroatoms. The molecule has 3 nitrogen and oxygen atoms in total. The number of rotatable bonds is 2. The second-order valence-electron chi connectivity index (χ2n) is 3.08. The first kappa shape index (κ1) is 10.1. The molecule has 0 amide bonds. The van der Waals surface area contributed by atoms with Gasteiger partial charge in [0.1, 0.15) is 5.00 Å². The van der Waals surface area contributed by atoms with Crippen LogP contribution in [0.1, 0.15) is 35.7 Å². The van der Waals surface area contributed by atoms with Crippen LogP contribution in [0, 0.1) is 0 Å². The molecule has 0 aliphatic heterocycles. The summed E-state index contributed by atoms with van der Waals surface area (Å²) in [6, 6.07) is 0. The van der Waals surface area contributed by atoms with E-state index in [2.05, 4.69) is 4.74 Å². The van der Waals surface area contributed by atoms with E-state index in [1.54, 1.807) is 0 Å². The van der Waals surface area contributed by atoms with Crippen molar-refractivity contribution < 1.29 is 9.53 Å². The highest BCUT2D eigenvalue weighted by Crippen LogP contribution is 2.30. The molecule has 1 heterocycles. The minimum Gasteiger partial charge on any atom is -0.465 e. The molecule has 0 unspecified atom stereocenters. The van der Waals surface area contributed by atoms with Crippen LogP contribution < -0.4 is 5.73 Å². The first-order chi connectivity index (χ1) is 6.07. The van der Waals surface area contributed by atoms with Gasteiger partial charge in [0.15, 0.2) is 0 Å². The molecule has 1 aromatic rings. The van der Waals surface area contributed by atoms with Gasteiger partial charge in [-0.3, -0.25) is 0 Å². The number of anilines is 1. The van der Waals surface area contributed by atoms with Crippen molar-refractivity contribution in [3.63, 3.8) is 0 Å². The average molecular weight is 199 g/mol. The van der Waals surface area contributed by atoms with Crippen molar-refractivity contribution in [1.82, 2.24) is 0 Å². The molecule has 2 N–H and O–H groups in total. The molecule has 0 radical (unpaired) electrons. The standard InChI is InChI=1S/C9H13NO2S/c1-5(2)6-4-13-8(10)7(6)9(11)12-3/h4-5H,10H2,1-3H3. The number of hydrogen-bond donors (Lipinski definition) is 1. The molecule has 1 rings (SSSR count). The zero-order valence-corrected chi connectivity index (χ0v) is 8.77. The van der Waals surface area contributed by atoms with E-state index in [0.29, 0.717) is 16.5 Å². The van der Waals surface area contributed by atoms with E-state index < -0.39 is 0 Å². The topological polar surface area (TPSA) is 52.3 Å². The van der Waals surface area contributed by atoms with E-state index in [4.69, 9.17) is 5.73 Å².